The zero-order valence-corrected chi connectivity index (χ0v) is 12.2. The van der Waals surface area contributed by atoms with E-state index >= 15 is 0 Å². The summed E-state index contributed by atoms with van der Waals surface area (Å²) in [4.78, 5) is 23.6. The zero-order valence-electron chi connectivity index (χ0n) is 12.2. The van der Waals surface area contributed by atoms with Crippen LogP contribution < -0.4 is 5.32 Å². The van der Waals surface area contributed by atoms with E-state index in [0.717, 1.165) is 12.0 Å². The van der Waals surface area contributed by atoms with E-state index in [-0.39, 0.29) is 11.6 Å². The van der Waals surface area contributed by atoms with Crippen molar-refractivity contribution in [3.63, 3.8) is 0 Å². The summed E-state index contributed by atoms with van der Waals surface area (Å²) in [6, 6.07) is 4.55. The number of halogens is 1. The number of carbonyl (C=O) groups excluding carboxylic acids is 1. The largest absolute Gasteiger partial charge is 0.481 e. The van der Waals surface area contributed by atoms with Crippen LogP contribution in [0.3, 0.4) is 0 Å². The van der Waals surface area contributed by atoms with Crippen LogP contribution in [0.15, 0.2) is 18.2 Å². The monoisotopic (exact) mass is 293 g/mol. The molecular formula is C16H20FNO3. The Morgan fingerprint density at radius 3 is 2.57 bits per heavy atom. The Kier molecular flexibility index (Phi) is 4.60. The molecule has 0 heterocycles. The molecule has 2 rings (SSSR count). The molecule has 0 aliphatic heterocycles. The van der Waals surface area contributed by atoms with Crippen molar-refractivity contribution < 1.29 is 19.1 Å². The van der Waals surface area contributed by atoms with Gasteiger partial charge in [-0.05, 0) is 43.4 Å². The summed E-state index contributed by atoms with van der Waals surface area (Å²) < 4.78 is 13.8. The first-order valence-electron chi connectivity index (χ1n) is 7.22. The van der Waals surface area contributed by atoms with Crippen LogP contribution in [0.2, 0.25) is 0 Å². The molecule has 0 saturated heterocycles. The Morgan fingerprint density at radius 1 is 1.33 bits per heavy atom. The third-order valence-corrected chi connectivity index (χ3v) is 4.27. The lowest BCUT2D eigenvalue weighted by atomic mass is 9.95. The van der Waals surface area contributed by atoms with Crippen molar-refractivity contribution in [1.82, 2.24) is 0 Å². The Bertz CT molecular complexity index is 558. The molecule has 1 aliphatic carbocycles. The maximum atomic E-state index is 13.8. The number of hydrogen-bond donors (Lipinski definition) is 2. The van der Waals surface area contributed by atoms with Crippen LogP contribution in [0.1, 0.15) is 31.7 Å². The van der Waals surface area contributed by atoms with Gasteiger partial charge in [0.25, 0.3) is 0 Å². The highest BCUT2D eigenvalue weighted by Crippen LogP contribution is 2.39. The van der Waals surface area contributed by atoms with Crippen LogP contribution in [0.25, 0.3) is 0 Å². The van der Waals surface area contributed by atoms with Gasteiger partial charge in [0.2, 0.25) is 5.91 Å². The van der Waals surface area contributed by atoms with Crippen molar-refractivity contribution in [3.05, 3.63) is 29.6 Å². The number of carboxylic acids is 1. The minimum absolute atomic E-state index is 0.106. The fourth-order valence-corrected chi connectivity index (χ4v) is 2.99. The van der Waals surface area contributed by atoms with E-state index in [1.165, 1.54) is 12.1 Å². The molecule has 1 aromatic rings. The highest BCUT2D eigenvalue weighted by molar-refractivity contribution is 5.95. The molecule has 5 heteroatoms. The van der Waals surface area contributed by atoms with Crippen LogP contribution in [-0.4, -0.2) is 17.0 Å². The van der Waals surface area contributed by atoms with Crippen molar-refractivity contribution in [3.8, 4) is 0 Å². The predicted octanol–water partition coefficient (Wildman–Crippen LogP) is 3.21. The molecule has 1 unspecified atom stereocenters. The number of rotatable bonds is 4. The number of aryl methyl sites for hydroxylation is 1. The average Bonchev–Trinajstić information content (AvgIpc) is 2.86. The lowest BCUT2D eigenvalue weighted by Crippen LogP contribution is -2.30. The molecule has 1 amide bonds. The van der Waals surface area contributed by atoms with E-state index in [9.17, 15) is 19.1 Å². The molecule has 1 fully saturated rings. The zero-order chi connectivity index (χ0) is 15.6. The third kappa shape index (κ3) is 3.40. The van der Waals surface area contributed by atoms with Gasteiger partial charge in [-0.3, -0.25) is 9.59 Å². The van der Waals surface area contributed by atoms with E-state index in [1.807, 2.05) is 6.92 Å². The molecule has 114 valence electrons. The third-order valence-electron chi connectivity index (χ3n) is 4.27. The Hall–Kier alpha value is -1.91. The average molecular weight is 293 g/mol. The number of carbonyl (C=O) groups is 2. The summed E-state index contributed by atoms with van der Waals surface area (Å²) >= 11 is 0. The van der Waals surface area contributed by atoms with Gasteiger partial charge < -0.3 is 10.4 Å². The van der Waals surface area contributed by atoms with Crippen LogP contribution in [0.4, 0.5) is 10.1 Å². The number of amides is 1. The second-order valence-corrected chi connectivity index (χ2v) is 5.77. The van der Waals surface area contributed by atoms with Gasteiger partial charge in [0.05, 0.1) is 17.5 Å². The molecule has 0 aromatic heterocycles. The second-order valence-electron chi connectivity index (χ2n) is 5.77. The molecule has 0 radical (unpaired) electrons. The summed E-state index contributed by atoms with van der Waals surface area (Å²) in [6.45, 7) is 3.75. The maximum absolute atomic E-state index is 13.8. The summed E-state index contributed by atoms with van der Waals surface area (Å²) in [6.07, 6.45) is 1.92. The summed E-state index contributed by atoms with van der Waals surface area (Å²) in [7, 11) is 0. The first-order valence-corrected chi connectivity index (χ1v) is 7.22. The highest BCUT2D eigenvalue weighted by Gasteiger charge is 2.42. The van der Waals surface area contributed by atoms with Crippen LogP contribution in [-0.2, 0) is 9.59 Å². The number of benzene rings is 1. The van der Waals surface area contributed by atoms with Gasteiger partial charge >= 0.3 is 5.97 Å². The van der Waals surface area contributed by atoms with Gasteiger partial charge in [-0.1, -0.05) is 19.4 Å². The number of nitrogens with one attached hydrogen (secondary N) is 1. The smallest absolute Gasteiger partial charge is 0.307 e. The number of aliphatic carboxylic acids is 1. The number of hydrogen-bond acceptors (Lipinski definition) is 2. The molecule has 1 aliphatic rings. The van der Waals surface area contributed by atoms with Gasteiger partial charge in [0, 0.05) is 0 Å². The fraction of sp³-hybridized carbons (Fsp3) is 0.500. The minimum Gasteiger partial charge on any atom is -0.481 e. The molecule has 21 heavy (non-hydrogen) atoms. The van der Waals surface area contributed by atoms with Gasteiger partial charge in [0.15, 0.2) is 0 Å². The minimum atomic E-state index is -0.949. The normalized spacial score (nSPS) is 24.8. The van der Waals surface area contributed by atoms with E-state index in [1.54, 1.807) is 13.0 Å². The number of carboxylic acid groups (broad SMARTS) is 1. The maximum Gasteiger partial charge on any atom is 0.307 e. The first kappa shape index (κ1) is 15.5. The summed E-state index contributed by atoms with van der Waals surface area (Å²) in [5, 5.41) is 11.8. The van der Waals surface area contributed by atoms with Crippen LogP contribution in [0.5, 0.6) is 0 Å². The Labute approximate surface area is 123 Å². The van der Waals surface area contributed by atoms with Gasteiger partial charge in [-0.2, -0.15) is 0 Å². The molecule has 3 atom stereocenters. The molecular weight excluding hydrogens is 273 g/mol. The standard InChI is InChI=1S/C16H20FNO3/c1-3-10-7-11(12(8-10)16(20)21)15(19)18-14-5-4-9(2)6-13(14)17/h4-6,10-12H,3,7-8H2,1-2H3,(H,18,19)(H,20,21)/t10?,11-,12+/m0/s1. The van der Waals surface area contributed by atoms with Crippen molar-refractivity contribution in [1.29, 1.82) is 0 Å². The molecule has 1 aromatic carbocycles. The van der Waals surface area contributed by atoms with Crippen molar-refractivity contribution in [2.45, 2.75) is 33.1 Å². The molecule has 0 bridgehead atoms. The Morgan fingerprint density at radius 2 is 2.00 bits per heavy atom. The lowest BCUT2D eigenvalue weighted by Gasteiger charge is -2.16. The van der Waals surface area contributed by atoms with Crippen molar-refractivity contribution in [2.24, 2.45) is 17.8 Å². The first-order chi connectivity index (χ1) is 9.92. The second kappa shape index (κ2) is 6.24. The fourth-order valence-electron chi connectivity index (χ4n) is 2.99. The van der Waals surface area contributed by atoms with E-state index in [0.29, 0.717) is 12.8 Å². The van der Waals surface area contributed by atoms with Crippen molar-refractivity contribution in [2.75, 3.05) is 5.32 Å². The molecule has 0 spiro atoms. The van der Waals surface area contributed by atoms with Crippen molar-refractivity contribution >= 4 is 17.6 Å². The number of anilines is 1. The quantitative estimate of drug-likeness (QED) is 0.895. The van der Waals surface area contributed by atoms with Crippen LogP contribution in [0, 0.1) is 30.5 Å². The highest BCUT2D eigenvalue weighted by atomic mass is 19.1. The molecule has 2 N–H and O–H groups in total. The van der Waals surface area contributed by atoms with E-state index in [4.69, 9.17) is 0 Å². The topological polar surface area (TPSA) is 66.4 Å². The summed E-state index contributed by atoms with van der Waals surface area (Å²) in [5.74, 6) is -2.88. The SMILES string of the molecule is CCC1C[C@H](C(=O)Nc2ccc(C)cc2F)[C@H](C(=O)O)C1. The van der Waals surface area contributed by atoms with Gasteiger partial charge in [0.1, 0.15) is 5.82 Å². The van der Waals surface area contributed by atoms with E-state index in [2.05, 4.69) is 5.32 Å². The summed E-state index contributed by atoms with van der Waals surface area (Å²) in [5.41, 5.74) is 0.871. The van der Waals surface area contributed by atoms with E-state index < -0.39 is 29.5 Å². The van der Waals surface area contributed by atoms with Gasteiger partial charge in [-0.15, -0.1) is 0 Å². The molecule has 1 saturated carbocycles. The Balaban J connectivity index is 2.13. The molecule has 4 nitrogen and oxygen atoms in total. The van der Waals surface area contributed by atoms with Crippen LogP contribution >= 0.6 is 0 Å². The van der Waals surface area contributed by atoms with Gasteiger partial charge in [-0.25, -0.2) is 4.39 Å². The predicted molar refractivity (Wildman–Crippen MR) is 77.4 cm³/mol. The lowest BCUT2D eigenvalue weighted by molar-refractivity contribution is -0.145.